The Morgan fingerprint density at radius 1 is 1.17 bits per heavy atom. The number of hydrogen-bond acceptors (Lipinski definition) is 2. The summed E-state index contributed by atoms with van der Waals surface area (Å²) in [6, 6.07) is 11.7. The molecule has 0 saturated carbocycles. The highest BCUT2D eigenvalue weighted by Gasteiger charge is 2.33. The highest BCUT2D eigenvalue weighted by Crippen LogP contribution is 2.24. The molecule has 0 aromatic heterocycles. The number of aryl methyl sites for hydroxylation is 1. The van der Waals surface area contributed by atoms with Gasteiger partial charge in [-0.2, -0.15) is 0 Å². The molecule has 3 rings (SSSR count). The number of benzene rings is 1. The van der Waals surface area contributed by atoms with Crippen LogP contribution in [-0.2, 0) is 6.42 Å². The first-order chi connectivity index (χ1) is 8.92. The smallest absolute Gasteiger partial charge is 0.0235 e. The summed E-state index contributed by atoms with van der Waals surface area (Å²) in [6.07, 6.45) is 5.33. The molecule has 1 aromatic rings. The van der Waals surface area contributed by atoms with E-state index in [4.69, 9.17) is 0 Å². The molecule has 0 radical (unpaired) electrons. The Kier molecular flexibility index (Phi) is 3.96. The van der Waals surface area contributed by atoms with Crippen molar-refractivity contribution in [1.29, 1.82) is 0 Å². The number of likely N-dealkylation sites (tertiary alicyclic amines) is 1. The zero-order valence-corrected chi connectivity index (χ0v) is 11.1. The molecule has 0 bridgehead atoms. The molecule has 2 unspecified atom stereocenters. The molecule has 2 saturated heterocycles. The predicted octanol–water partition coefficient (Wildman–Crippen LogP) is 2.30. The van der Waals surface area contributed by atoms with Crippen LogP contribution >= 0.6 is 0 Å². The van der Waals surface area contributed by atoms with Gasteiger partial charge >= 0.3 is 0 Å². The van der Waals surface area contributed by atoms with Gasteiger partial charge in [-0.15, -0.1) is 0 Å². The van der Waals surface area contributed by atoms with Gasteiger partial charge in [-0.05, 0) is 50.3 Å². The third-order valence-corrected chi connectivity index (χ3v) is 4.46. The summed E-state index contributed by atoms with van der Waals surface area (Å²) in [5.74, 6) is 0.926. The van der Waals surface area contributed by atoms with E-state index in [-0.39, 0.29) is 0 Å². The topological polar surface area (TPSA) is 15.3 Å². The van der Waals surface area contributed by atoms with E-state index in [0.29, 0.717) is 0 Å². The van der Waals surface area contributed by atoms with Crippen LogP contribution < -0.4 is 5.32 Å². The first kappa shape index (κ1) is 12.2. The fourth-order valence-corrected chi connectivity index (χ4v) is 3.47. The van der Waals surface area contributed by atoms with Crippen LogP contribution in [0.3, 0.4) is 0 Å². The second-order valence-corrected chi connectivity index (χ2v) is 5.81. The van der Waals surface area contributed by atoms with Crippen LogP contribution in [0.25, 0.3) is 0 Å². The van der Waals surface area contributed by atoms with E-state index >= 15 is 0 Å². The van der Waals surface area contributed by atoms with Crippen molar-refractivity contribution in [3.05, 3.63) is 35.9 Å². The lowest BCUT2D eigenvalue weighted by Gasteiger charge is -2.24. The minimum Gasteiger partial charge on any atom is -0.312 e. The molecule has 2 atom stereocenters. The largest absolute Gasteiger partial charge is 0.312 e. The van der Waals surface area contributed by atoms with Gasteiger partial charge in [-0.1, -0.05) is 30.3 Å². The maximum atomic E-state index is 3.68. The Labute approximate surface area is 110 Å². The van der Waals surface area contributed by atoms with Crippen LogP contribution in [0.4, 0.5) is 0 Å². The van der Waals surface area contributed by atoms with Crippen molar-refractivity contribution < 1.29 is 0 Å². The fourth-order valence-electron chi connectivity index (χ4n) is 3.47. The molecule has 0 amide bonds. The molecule has 18 heavy (non-hydrogen) atoms. The molecular formula is C16H24N2. The van der Waals surface area contributed by atoms with Crippen LogP contribution in [0.5, 0.6) is 0 Å². The molecule has 2 nitrogen and oxygen atoms in total. The minimum absolute atomic E-state index is 0.787. The lowest BCUT2D eigenvalue weighted by atomic mass is 9.94. The molecule has 0 aliphatic carbocycles. The summed E-state index contributed by atoms with van der Waals surface area (Å²) in [5.41, 5.74) is 1.48. The monoisotopic (exact) mass is 244 g/mol. The third kappa shape index (κ3) is 2.93. The van der Waals surface area contributed by atoms with Gasteiger partial charge in [-0.25, -0.2) is 0 Å². The average molecular weight is 244 g/mol. The van der Waals surface area contributed by atoms with E-state index in [9.17, 15) is 0 Å². The van der Waals surface area contributed by atoms with Crippen molar-refractivity contribution in [2.75, 3.05) is 26.2 Å². The van der Waals surface area contributed by atoms with Crippen LogP contribution in [0.15, 0.2) is 30.3 Å². The molecule has 2 fully saturated rings. The Bertz CT molecular complexity index is 349. The molecule has 2 aliphatic heterocycles. The second kappa shape index (κ2) is 5.85. The zero-order valence-electron chi connectivity index (χ0n) is 11.1. The number of nitrogens with one attached hydrogen (secondary N) is 1. The standard InChI is InChI=1S/C16H24N2/c1-2-6-14(7-3-1)8-5-11-18-12-15-9-4-10-17-16(15)13-18/h1-3,6-7,15-17H,4-5,8-13H2. The number of rotatable bonds is 4. The molecule has 1 N–H and O–H groups in total. The quantitative estimate of drug-likeness (QED) is 0.874. The molecule has 2 heteroatoms. The third-order valence-electron chi connectivity index (χ3n) is 4.46. The number of fused-ring (bicyclic) bond motifs is 1. The lowest BCUT2D eigenvalue weighted by molar-refractivity contribution is 0.315. The van der Waals surface area contributed by atoms with E-state index in [1.54, 1.807) is 0 Å². The van der Waals surface area contributed by atoms with Crippen molar-refractivity contribution in [2.24, 2.45) is 5.92 Å². The van der Waals surface area contributed by atoms with Gasteiger partial charge in [0.2, 0.25) is 0 Å². The Hall–Kier alpha value is -0.860. The van der Waals surface area contributed by atoms with E-state index in [1.165, 1.54) is 57.4 Å². The van der Waals surface area contributed by atoms with E-state index < -0.39 is 0 Å². The predicted molar refractivity (Wildman–Crippen MR) is 75.7 cm³/mol. The molecule has 0 spiro atoms. The highest BCUT2D eigenvalue weighted by molar-refractivity contribution is 5.14. The summed E-state index contributed by atoms with van der Waals surface area (Å²) < 4.78 is 0. The summed E-state index contributed by atoms with van der Waals surface area (Å²) >= 11 is 0. The second-order valence-electron chi connectivity index (χ2n) is 5.81. The van der Waals surface area contributed by atoms with E-state index in [2.05, 4.69) is 40.5 Å². The van der Waals surface area contributed by atoms with Gasteiger partial charge in [0.1, 0.15) is 0 Å². The normalized spacial score (nSPS) is 28.2. The van der Waals surface area contributed by atoms with Gasteiger partial charge in [0.05, 0.1) is 0 Å². The maximum Gasteiger partial charge on any atom is 0.0235 e. The summed E-state index contributed by atoms with van der Waals surface area (Å²) in [6.45, 7) is 5.11. The van der Waals surface area contributed by atoms with Crippen molar-refractivity contribution in [3.8, 4) is 0 Å². The van der Waals surface area contributed by atoms with E-state index in [1.807, 2.05) is 0 Å². The maximum absolute atomic E-state index is 3.68. The van der Waals surface area contributed by atoms with Crippen LogP contribution in [0, 0.1) is 5.92 Å². The number of nitrogens with zero attached hydrogens (tertiary/aromatic N) is 1. The number of hydrogen-bond donors (Lipinski definition) is 1. The van der Waals surface area contributed by atoms with Crippen LogP contribution in [-0.4, -0.2) is 37.1 Å². The zero-order chi connectivity index (χ0) is 12.2. The van der Waals surface area contributed by atoms with Gasteiger partial charge in [0.15, 0.2) is 0 Å². The minimum atomic E-state index is 0.787. The Morgan fingerprint density at radius 2 is 2.06 bits per heavy atom. The Balaban J connectivity index is 1.42. The van der Waals surface area contributed by atoms with Gasteiger partial charge < -0.3 is 10.2 Å². The molecule has 1 aromatic carbocycles. The summed E-state index contributed by atoms with van der Waals surface area (Å²) in [5, 5.41) is 3.68. The lowest BCUT2D eigenvalue weighted by Crippen LogP contribution is -2.40. The van der Waals surface area contributed by atoms with Crippen LogP contribution in [0.2, 0.25) is 0 Å². The van der Waals surface area contributed by atoms with Gasteiger partial charge in [0, 0.05) is 19.1 Å². The van der Waals surface area contributed by atoms with Gasteiger partial charge in [0.25, 0.3) is 0 Å². The SMILES string of the molecule is c1ccc(CCCN2CC3CCCNC3C2)cc1. The average Bonchev–Trinajstić information content (AvgIpc) is 2.82. The van der Waals surface area contributed by atoms with Crippen molar-refractivity contribution >= 4 is 0 Å². The first-order valence-corrected chi connectivity index (χ1v) is 7.41. The first-order valence-electron chi connectivity index (χ1n) is 7.41. The van der Waals surface area contributed by atoms with Gasteiger partial charge in [-0.3, -0.25) is 0 Å². The van der Waals surface area contributed by atoms with Crippen LogP contribution in [0.1, 0.15) is 24.8 Å². The molecule has 98 valence electrons. The summed E-state index contributed by atoms with van der Waals surface area (Å²) in [4.78, 5) is 2.66. The van der Waals surface area contributed by atoms with Crippen molar-refractivity contribution in [3.63, 3.8) is 0 Å². The Morgan fingerprint density at radius 3 is 2.89 bits per heavy atom. The fraction of sp³-hybridized carbons (Fsp3) is 0.625. The molecular weight excluding hydrogens is 220 g/mol. The molecule has 2 heterocycles. The number of piperidine rings is 1. The molecule has 2 aliphatic rings. The van der Waals surface area contributed by atoms with Crippen molar-refractivity contribution in [1.82, 2.24) is 10.2 Å². The summed E-state index contributed by atoms with van der Waals surface area (Å²) in [7, 11) is 0. The van der Waals surface area contributed by atoms with Crippen molar-refractivity contribution in [2.45, 2.75) is 31.7 Å². The highest BCUT2D eigenvalue weighted by atomic mass is 15.2. The van der Waals surface area contributed by atoms with E-state index in [0.717, 1.165) is 12.0 Å².